The molecule has 0 spiro atoms. The van der Waals surface area contributed by atoms with Crippen molar-refractivity contribution in [2.75, 3.05) is 0 Å². The molecule has 6 heteroatoms. The largest absolute Gasteiger partial charge is 0.478 e. The maximum absolute atomic E-state index is 13.9. The highest BCUT2D eigenvalue weighted by atomic mass is 79.9. The first-order valence-electron chi connectivity index (χ1n) is 5.80. The number of rotatable bonds is 4. The second-order valence-corrected chi connectivity index (χ2v) is 5.33. The number of hydrogen-bond acceptors (Lipinski definition) is 2. The molecule has 0 aliphatic carbocycles. The first kappa shape index (κ1) is 15.5. The van der Waals surface area contributed by atoms with Gasteiger partial charge in [0, 0.05) is 16.1 Å². The molecule has 21 heavy (non-hydrogen) atoms. The fourth-order valence-corrected chi connectivity index (χ4v) is 2.09. The van der Waals surface area contributed by atoms with Gasteiger partial charge in [-0.3, -0.25) is 0 Å². The van der Waals surface area contributed by atoms with Crippen molar-refractivity contribution in [1.29, 1.82) is 0 Å². The van der Waals surface area contributed by atoms with Gasteiger partial charge in [-0.1, -0.05) is 39.7 Å². The number of carboxylic acid groups (broad SMARTS) is 1. The van der Waals surface area contributed by atoms with Gasteiger partial charge in [0.05, 0.1) is 5.02 Å². The van der Waals surface area contributed by atoms with E-state index in [1.54, 1.807) is 24.3 Å². The summed E-state index contributed by atoms with van der Waals surface area (Å²) in [5, 5.41) is 8.97. The van der Waals surface area contributed by atoms with Crippen LogP contribution in [0, 0.1) is 5.82 Å². The summed E-state index contributed by atoms with van der Waals surface area (Å²) in [6.45, 7) is 0. The molecular weight excluding hydrogens is 363 g/mol. The molecule has 0 aromatic heterocycles. The molecule has 0 unspecified atom stereocenters. The third-order valence-electron chi connectivity index (χ3n) is 2.51. The minimum atomic E-state index is -1.13. The summed E-state index contributed by atoms with van der Waals surface area (Å²) in [5.74, 6) is -1.57. The molecule has 108 valence electrons. The molecule has 1 N–H and O–H groups in total. The van der Waals surface area contributed by atoms with Gasteiger partial charge in [0.15, 0.2) is 11.6 Å². The fraction of sp³-hybridized carbons (Fsp3) is 0. The van der Waals surface area contributed by atoms with Crippen molar-refractivity contribution in [3.63, 3.8) is 0 Å². The van der Waals surface area contributed by atoms with Crippen LogP contribution in [0.3, 0.4) is 0 Å². The first-order valence-corrected chi connectivity index (χ1v) is 6.97. The van der Waals surface area contributed by atoms with E-state index in [1.807, 2.05) is 0 Å². The molecule has 0 saturated carbocycles. The highest BCUT2D eigenvalue weighted by Gasteiger charge is 2.12. The summed E-state index contributed by atoms with van der Waals surface area (Å²) in [4.78, 5) is 10.6. The van der Waals surface area contributed by atoms with E-state index in [4.69, 9.17) is 21.4 Å². The van der Waals surface area contributed by atoms with Crippen LogP contribution >= 0.6 is 27.5 Å². The summed E-state index contributed by atoms with van der Waals surface area (Å²) in [6.07, 6.45) is 2.16. The number of ether oxygens (including phenoxy) is 1. The van der Waals surface area contributed by atoms with E-state index in [2.05, 4.69) is 15.9 Å². The summed E-state index contributed by atoms with van der Waals surface area (Å²) in [5.41, 5.74) is 0.299. The Hall–Kier alpha value is -1.85. The van der Waals surface area contributed by atoms with E-state index in [1.165, 1.54) is 18.2 Å². The molecule has 0 saturated heterocycles. The number of carbonyl (C=O) groups is 1. The van der Waals surface area contributed by atoms with Crippen LogP contribution in [0.2, 0.25) is 5.02 Å². The lowest BCUT2D eigenvalue weighted by molar-refractivity contribution is -0.131. The van der Waals surface area contributed by atoms with Gasteiger partial charge in [-0.15, -0.1) is 0 Å². The minimum absolute atomic E-state index is 0.0880. The molecule has 0 aliphatic heterocycles. The van der Waals surface area contributed by atoms with Crippen LogP contribution in [0.5, 0.6) is 11.5 Å². The van der Waals surface area contributed by atoms with Crippen LogP contribution in [-0.2, 0) is 4.79 Å². The zero-order chi connectivity index (χ0) is 15.4. The molecule has 2 rings (SSSR count). The highest BCUT2D eigenvalue weighted by molar-refractivity contribution is 9.10. The standard InChI is InChI=1S/C15H9BrClFO3/c16-10-5-6-11(17)13(8-10)21-15-9(4-7-14(19)20)2-1-3-12(15)18/h1-8H,(H,19,20)/b7-4+. The van der Waals surface area contributed by atoms with Gasteiger partial charge < -0.3 is 9.84 Å². The van der Waals surface area contributed by atoms with Crippen LogP contribution in [0.4, 0.5) is 4.39 Å². The van der Waals surface area contributed by atoms with Crippen LogP contribution in [0.25, 0.3) is 6.08 Å². The quantitative estimate of drug-likeness (QED) is 0.758. The molecule has 0 radical (unpaired) electrons. The van der Waals surface area contributed by atoms with E-state index in [-0.39, 0.29) is 11.5 Å². The SMILES string of the molecule is O=C(O)/C=C/c1cccc(F)c1Oc1cc(Br)ccc1Cl. The van der Waals surface area contributed by atoms with Crippen LogP contribution in [-0.4, -0.2) is 11.1 Å². The van der Waals surface area contributed by atoms with Crippen molar-refractivity contribution in [3.05, 3.63) is 63.4 Å². The Balaban J connectivity index is 2.43. The van der Waals surface area contributed by atoms with Gasteiger partial charge in [0.25, 0.3) is 0 Å². The third-order valence-corrected chi connectivity index (χ3v) is 3.31. The Morgan fingerprint density at radius 3 is 2.81 bits per heavy atom. The van der Waals surface area contributed by atoms with Crippen LogP contribution < -0.4 is 4.74 Å². The number of para-hydroxylation sites is 1. The lowest BCUT2D eigenvalue weighted by Crippen LogP contribution is -1.93. The second-order valence-electron chi connectivity index (χ2n) is 4.01. The van der Waals surface area contributed by atoms with Gasteiger partial charge in [-0.05, 0) is 30.3 Å². The summed E-state index contributed by atoms with van der Waals surface area (Å²) < 4.78 is 20.2. The lowest BCUT2D eigenvalue weighted by atomic mass is 10.1. The normalized spacial score (nSPS) is 10.8. The van der Waals surface area contributed by atoms with Crippen molar-refractivity contribution < 1.29 is 19.0 Å². The van der Waals surface area contributed by atoms with Crippen molar-refractivity contribution in [2.45, 2.75) is 0 Å². The van der Waals surface area contributed by atoms with E-state index >= 15 is 0 Å². The molecule has 3 nitrogen and oxygen atoms in total. The lowest BCUT2D eigenvalue weighted by Gasteiger charge is -2.11. The number of hydrogen-bond donors (Lipinski definition) is 1. The predicted molar refractivity (Wildman–Crippen MR) is 82.3 cm³/mol. The van der Waals surface area contributed by atoms with Crippen molar-refractivity contribution >= 4 is 39.6 Å². The highest BCUT2D eigenvalue weighted by Crippen LogP contribution is 2.35. The first-order chi connectivity index (χ1) is 9.97. The van der Waals surface area contributed by atoms with E-state index in [9.17, 15) is 9.18 Å². The van der Waals surface area contributed by atoms with Gasteiger partial charge in [-0.25, -0.2) is 9.18 Å². The smallest absolute Gasteiger partial charge is 0.328 e. The average Bonchev–Trinajstić information content (AvgIpc) is 2.43. The monoisotopic (exact) mass is 370 g/mol. The number of aliphatic carboxylic acids is 1. The zero-order valence-corrected chi connectivity index (χ0v) is 12.9. The molecule has 2 aromatic rings. The maximum Gasteiger partial charge on any atom is 0.328 e. The topological polar surface area (TPSA) is 46.5 Å². The number of halogens is 3. The second kappa shape index (κ2) is 6.74. The summed E-state index contributed by atoms with van der Waals surface area (Å²) in [7, 11) is 0. The van der Waals surface area contributed by atoms with Crippen molar-refractivity contribution in [2.24, 2.45) is 0 Å². The summed E-state index contributed by atoms with van der Waals surface area (Å²) in [6, 6.07) is 9.16. The molecule has 0 atom stereocenters. The Labute approximate surface area is 133 Å². The Kier molecular flexibility index (Phi) is 4.98. The summed E-state index contributed by atoms with van der Waals surface area (Å²) >= 11 is 9.27. The maximum atomic E-state index is 13.9. The predicted octanol–water partition coefficient (Wildman–Crippen LogP) is 5.13. The average molecular weight is 372 g/mol. The number of benzene rings is 2. The molecule has 2 aromatic carbocycles. The Morgan fingerprint density at radius 1 is 1.33 bits per heavy atom. The molecule has 0 aliphatic rings. The minimum Gasteiger partial charge on any atom is -0.478 e. The van der Waals surface area contributed by atoms with Gasteiger partial charge in [0.2, 0.25) is 0 Å². The third kappa shape index (κ3) is 4.06. The number of carboxylic acids is 1. The Morgan fingerprint density at radius 2 is 2.10 bits per heavy atom. The zero-order valence-electron chi connectivity index (χ0n) is 10.5. The van der Waals surface area contributed by atoms with Crippen LogP contribution in [0.15, 0.2) is 46.9 Å². The van der Waals surface area contributed by atoms with E-state index in [0.717, 1.165) is 10.5 Å². The molecular formula is C15H9BrClFO3. The van der Waals surface area contributed by atoms with Gasteiger partial charge in [-0.2, -0.15) is 0 Å². The van der Waals surface area contributed by atoms with Gasteiger partial charge >= 0.3 is 5.97 Å². The molecule has 0 amide bonds. The molecule has 0 heterocycles. The van der Waals surface area contributed by atoms with Crippen LogP contribution in [0.1, 0.15) is 5.56 Å². The molecule has 0 bridgehead atoms. The molecule has 0 fully saturated rings. The Bertz CT molecular complexity index is 716. The van der Waals surface area contributed by atoms with Crippen molar-refractivity contribution in [1.82, 2.24) is 0 Å². The fourth-order valence-electron chi connectivity index (χ4n) is 1.59. The van der Waals surface area contributed by atoms with E-state index < -0.39 is 11.8 Å². The van der Waals surface area contributed by atoms with Gasteiger partial charge in [0.1, 0.15) is 5.75 Å². The van der Waals surface area contributed by atoms with Crippen molar-refractivity contribution in [3.8, 4) is 11.5 Å². The van der Waals surface area contributed by atoms with E-state index in [0.29, 0.717) is 10.6 Å².